The number of alkyl halides is 3. The smallest absolute Gasteiger partial charge is 0.497 e. The highest BCUT2D eigenvalue weighted by atomic mass is 19.4. The van der Waals surface area contributed by atoms with Gasteiger partial charge in [-0.2, -0.15) is 0 Å². The summed E-state index contributed by atoms with van der Waals surface area (Å²) in [4.78, 5) is 14.0. The van der Waals surface area contributed by atoms with Gasteiger partial charge in [-0.05, 0) is 49.5 Å². The van der Waals surface area contributed by atoms with Gasteiger partial charge in [0.15, 0.2) is 0 Å². The van der Waals surface area contributed by atoms with E-state index >= 15 is 0 Å². The summed E-state index contributed by atoms with van der Waals surface area (Å²) in [6.45, 7) is 0.507. The zero-order valence-corrected chi connectivity index (χ0v) is 15.7. The molecular weight excluding hydrogens is 377 g/mol. The number of nitrogens with one attached hydrogen (secondary N) is 1. The normalized spacial score (nSPS) is 11.2. The molecule has 1 amide bonds. The van der Waals surface area contributed by atoms with Crippen molar-refractivity contribution in [1.29, 1.82) is 0 Å². The van der Waals surface area contributed by atoms with Crippen LogP contribution in [0.5, 0.6) is 17.2 Å². The van der Waals surface area contributed by atoms with Crippen LogP contribution in [0.4, 0.5) is 18.9 Å². The summed E-state index contributed by atoms with van der Waals surface area (Å²) in [5, 5.41) is 2.63. The quantitative estimate of drug-likeness (QED) is 0.735. The number of hydrogen-bond donors (Lipinski definition) is 1. The summed E-state index contributed by atoms with van der Waals surface area (Å²) in [6.07, 6.45) is -4.76. The van der Waals surface area contributed by atoms with Crippen molar-refractivity contribution in [2.75, 3.05) is 33.1 Å². The molecule has 0 aliphatic carbocycles. The summed E-state index contributed by atoms with van der Waals surface area (Å²) in [6, 6.07) is 10.3. The maximum Gasteiger partial charge on any atom is 0.573 e. The highest BCUT2D eigenvalue weighted by Crippen LogP contribution is 2.25. The Morgan fingerprint density at radius 1 is 1.04 bits per heavy atom. The van der Waals surface area contributed by atoms with E-state index in [-0.39, 0.29) is 18.2 Å². The molecule has 0 unspecified atom stereocenters. The molecule has 28 heavy (non-hydrogen) atoms. The van der Waals surface area contributed by atoms with Crippen LogP contribution in [0.1, 0.15) is 5.56 Å². The lowest BCUT2D eigenvalue weighted by Crippen LogP contribution is -2.30. The minimum atomic E-state index is -4.76. The van der Waals surface area contributed by atoms with Crippen LogP contribution in [-0.4, -0.2) is 45.0 Å². The van der Waals surface area contributed by atoms with E-state index in [9.17, 15) is 18.0 Å². The van der Waals surface area contributed by atoms with Crippen LogP contribution >= 0.6 is 0 Å². The van der Waals surface area contributed by atoms with Gasteiger partial charge >= 0.3 is 6.36 Å². The summed E-state index contributed by atoms with van der Waals surface area (Å²) < 4.78 is 50.8. The van der Waals surface area contributed by atoms with Crippen molar-refractivity contribution < 1.29 is 32.2 Å². The van der Waals surface area contributed by atoms with Crippen molar-refractivity contribution in [3.05, 3.63) is 48.0 Å². The van der Waals surface area contributed by atoms with Gasteiger partial charge in [0.25, 0.3) is 0 Å². The Bertz CT molecular complexity index is 795. The van der Waals surface area contributed by atoms with Gasteiger partial charge in [0.2, 0.25) is 5.91 Å². The van der Waals surface area contributed by atoms with Crippen LogP contribution in [0.25, 0.3) is 0 Å². The minimum Gasteiger partial charge on any atom is -0.497 e. The fourth-order valence-corrected chi connectivity index (χ4v) is 2.54. The number of nitrogens with zero attached hydrogens (tertiary/aromatic N) is 1. The van der Waals surface area contributed by atoms with Gasteiger partial charge < -0.3 is 19.5 Å². The standard InChI is InChI=1S/C19H21F3N2O4/c1-24(11-13-10-16(26-2)8-9-17(13)27-3)12-18(25)23-14-4-6-15(7-5-14)28-19(20,21)22/h4-10H,11-12H2,1-3H3,(H,23,25). The van der Waals surface area contributed by atoms with Crippen molar-refractivity contribution in [3.63, 3.8) is 0 Å². The SMILES string of the molecule is COc1ccc(OC)c(CN(C)CC(=O)Nc2ccc(OC(F)(F)F)cc2)c1. The molecule has 0 bridgehead atoms. The molecule has 2 aromatic rings. The first-order valence-corrected chi connectivity index (χ1v) is 8.25. The summed E-state index contributed by atoms with van der Waals surface area (Å²) in [7, 11) is 4.89. The Balaban J connectivity index is 1.92. The van der Waals surface area contributed by atoms with Crippen LogP contribution in [0.3, 0.4) is 0 Å². The number of rotatable bonds is 8. The van der Waals surface area contributed by atoms with Crippen molar-refractivity contribution in [2.45, 2.75) is 12.9 Å². The third-order valence-electron chi connectivity index (χ3n) is 3.71. The Morgan fingerprint density at radius 3 is 2.25 bits per heavy atom. The highest BCUT2D eigenvalue weighted by Gasteiger charge is 2.30. The van der Waals surface area contributed by atoms with Gasteiger partial charge in [0.1, 0.15) is 17.2 Å². The monoisotopic (exact) mass is 398 g/mol. The number of halogens is 3. The first-order chi connectivity index (χ1) is 13.2. The van der Waals surface area contributed by atoms with E-state index in [4.69, 9.17) is 9.47 Å². The molecule has 2 aromatic carbocycles. The lowest BCUT2D eigenvalue weighted by Gasteiger charge is -2.18. The number of carbonyl (C=O) groups is 1. The largest absolute Gasteiger partial charge is 0.573 e. The molecule has 0 aromatic heterocycles. The van der Waals surface area contributed by atoms with Gasteiger partial charge in [0.05, 0.1) is 20.8 Å². The number of benzene rings is 2. The first kappa shape index (κ1) is 21.4. The van der Waals surface area contributed by atoms with Gasteiger partial charge in [-0.3, -0.25) is 9.69 Å². The van der Waals surface area contributed by atoms with E-state index in [0.29, 0.717) is 23.7 Å². The zero-order chi connectivity index (χ0) is 20.7. The Morgan fingerprint density at radius 2 is 1.68 bits per heavy atom. The second kappa shape index (κ2) is 9.32. The topological polar surface area (TPSA) is 60.0 Å². The van der Waals surface area contributed by atoms with Crippen LogP contribution < -0.4 is 19.5 Å². The third kappa shape index (κ3) is 6.66. The summed E-state index contributed by atoms with van der Waals surface area (Å²) >= 11 is 0. The average Bonchev–Trinajstić information content (AvgIpc) is 2.61. The number of ether oxygens (including phenoxy) is 3. The van der Waals surface area contributed by atoms with Crippen LogP contribution in [0, 0.1) is 0 Å². The van der Waals surface area contributed by atoms with E-state index in [1.165, 1.54) is 12.1 Å². The molecule has 0 heterocycles. The predicted molar refractivity (Wildman–Crippen MR) is 97.6 cm³/mol. The number of hydrogen-bond acceptors (Lipinski definition) is 5. The third-order valence-corrected chi connectivity index (χ3v) is 3.71. The Labute approximate surface area is 160 Å². The number of anilines is 1. The van der Waals surface area contributed by atoms with E-state index in [2.05, 4.69) is 10.1 Å². The number of amides is 1. The molecule has 1 N–H and O–H groups in total. The molecule has 0 fully saturated rings. The van der Waals surface area contributed by atoms with E-state index in [1.54, 1.807) is 38.3 Å². The molecule has 152 valence electrons. The first-order valence-electron chi connectivity index (χ1n) is 8.25. The van der Waals surface area contributed by atoms with Gasteiger partial charge in [0, 0.05) is 17.8 Å². The summed E-state index contributed by atoms with van der Waals surface area (Å²) in [5.41, 5.74) is 1.22. The van der Waals surface area contributed by atoms with Gasteiger partial charge in [-0.25, -0.2) is 0 Å². The molecule has 0 spiro atoms. The van der Waals surface area contributed by atoms with Crippen molar-refractivity contribution in [1.82, 2.24) is 4.90 Å². The van der Waals surface area contributed by atoms with Gasteiger partial charge in [-0.15, -0.1) is 13.2 Å². The number of carbonyl (C=O) groups excluding carboxylic acids is 1. The zero-order valence-electron chi connectivity index (χ0n) is 15.7. The Hall–Kier alpha value is -2.94. The molecule has 0 aliphatic rings. The summed E-state index contributed by atoms with van der Waals surface area (Å²) in [5.74, 6) is 0.685. The van der Waals surface area contributed by atoms with E-state index < -0.39 is 6.36 Å². The fraction of sp³-hybridized carbons (Fsp3) is 0.316. The van der Waals surface area contributed by atoms with Crippen LogP contribution in [0.15, 0.2) is 42.5 Å². The molecule has 0 aliphatic heterocycles. The number of methoxy groups -OCH3 is 2. The molecule has 0 saturated heterocycles. The molecule has 0 saturated carbocycles. The van der Waals surface area contributed by atoms with Gasteiger partial charge in [-0.1, -0.05) is 0 Å². The minimum absolute atomic E-state index is 0.0706. The van der Waals surface area contributed by atoms with E-state index in [0.717, 1.165) is 17.7 Å². The lowest BCUT2D eigenvalue weighted by atomic mass is 10.1. The maximum atomic E-state index is 12.2. The molecular formula is C19H21F3N2O4. The highest BCUT2D eigenvalue weighted by molar-refractivity contribution is 5.92. The van der Waals surface area contributed by atoms with Crippen molar-refractivity contribution in [2.24, 2.45) is 0 Å². The molecule has 0 radical (unpaired) electrons. The van der Waals surface area contributed by atoms with E-state index in [1.807, 2.05) is 6.07 Å². The molecule has 2 rings (SSSR count). The van der Waals surface area contributed by atoms with Crippen LogP contribution in [0.2, 0.25) is 0 Å². The van der Waals surface area contributed by atoms with Crippen molar-refractivity contribution in [3.8, 4) is 17.2 Å². The molecule has 9 heteroatoms. The maximum absolute atomic E-state index is 12.2. The molecule has 0 atom stereocenters. The second-order valence-electron chi connectivity index (χ2n) is 5.97. The predicted octanol–water partition coefficient (Wildman–Crippen LogP) is 3.67. The molecule has 6 nitrogen and oxygen atoms in total. The lowest BCUT2D eigenvalue weighted by molar-refractivity contribution is -0.274. The average molecular weight is 398 g/mol. The number of likely N-dealkylation sites (N-methyl/N-ethyl adjacent to an activating group) is 1. The van der Waals surface area contributed by atoms with Crippen molar-refractivity contribution >= 4 is 11.6 Å². The van der Waals surface area contributed by atoms with Crippen LogP contribution in [-0.2, 0) is 11.3 Å². The Kier molecular flexibility index (Phi) is 7.11. The fourth-order valence-electron chi connectivity index (χ4n) is 2.54. The second-order valence-corrected chi connectivity index (χ2v) is 5.97.